The Bertz CT molecular complexity index is 2930. The summed E-state index contributed by atoms with van der Waals surface area (Å²) in [5.41, 5.74) is 4.89. The summed E-state index contributed by atoms with van der Waals surface area (Å²) in [6, 6.07) is 51.0. The first-order chi connectivity index (χ1) is 29.2. The number of rotatable bonds is 12. The quantitative estimate of drug-likeness (QED) is 0.0887. The molecule has 8 aromatic rings. The molecule has 2 heterocycles. The topological polar surface area (TPSA) is 105 Å². The summed E-state index contributed by atoms with van der Waals surface area (Å²) in [6.45, 7) is 6.22. The number of para-hydroxylation sites is 2. The van der Waals surface area contributed by atoms with Crippen LogP contribution < -0.4 is 23.7 Å². The number of hydrogen-bond donors (Lipinski definition) is 0. The molecule has 0 radical (unpaired) electrons. The van der Waals surface area contributed by atoms with Crippen LogP contribution in [0, 0.1) is 6.92 Å². The molecule has 0 unspecified atom stereocenters. The molecule has 0 N–H and O–H groups in total. The Balaban J connectivity index is 0.000000396. The molecule has 0 saturated heterocycles. The van der Waals surface area contributed by atoms with Gasteiger partial charge >= 0.3 is 5.89 Å². The summed E-state index contributed by atoms with van der Waals surface area (Å²) < 4.78 is 58.8. The highest BCUT2D eigenvalue weighted by molar-refractivity contribution is 7.85. The van der Waals surface area contributed by atoms with Crippen molar-refractivity contribution in [2.75, 3.05) is 24.7 Å². The van der Waals surface area contributed by atoms with E-state index in [0.29, 0.717) is 26.3 Å². The zero-order chi connectivity index (χ0) is 41.5. The van der Waals surface area contributed by atoms with Gasteiger partial charge in [0.2, 0.25) is 11.5 Å². The van der Waals surface area contributed by atoms with Crippen molar-refractivity contribution in [1.82, 2.24) is 0 Å². The van der Waals surface area contributed by atoms with E-state index >= 15 is 0 Å². The maximum Gasteiger partial charge on any atom is 0.374 e. The summed E-state index contributed by atoms with van der Waals surface area (Å²) in [7, 11) is -4.27. The predicted octanol–water partition coefficient (Wildman–Crippen LogP) is 10.6. The predicted molar refractivity (Wildman–Crippen MR) is 235 cm³/mol. The van der Waals surface area contributed by atoms with Gasteiger partial charge in [-0.25, -0.2) is 8.42 Å². The highest BCUT2D eigenvalue weighted by Crippen LogP contribution is 2.42. The number of aromatic nitrogens is 1. The van der Waals surface area contributed by atoms with Gasteiger partial charge in [-0.3, -0.25) is 0 Å². The molecule has 0 atom stereocenters. The van der Waals surface area contributed by atoms with Crippen molar-refractivity contribution in [2.45, 2.75) is 31.7 Å². The lowest BCUT2D eigenvalue weighted by molar-refractivity contribution is -0.678. The van der Waals surface area contributed by atoms with Crippen LogP contribution in [0.2, 0.25) is 0 Å². The van der Waals surface area contributed by atoms with E-state index < -0.39 is 10.1 Å². The van der Waals surface area contributed by atoms with Gasteiger partial charge < -0.3 is 28.1 Å². The number of benzene rings is 7. The Hall–Kier alpha value is -6.88. The number of hydrogen-bond acceptors (Lipinski definition) is 8. The second-order valence-electron chi connectivity index (χ2n) is 14.3. The molecule has 9 nitrogen and oxygen atoms in total. The SMILES string of the molecule is CCC(/C=C1\Oc2cc3ccccc3cc2N1CCOc1ccccc1)=C\c1oc2cc3ccccc3cc2[n+]1CCOc1ccccc1.Cc1ccc(S(=O)(=O)[O-])cc1. The van der Waals surface area contributed by atoms with E-state index in [4.69, 9.17) is 18.6 Å². The number of aryl methyl sites for hydroxylation is 1. The average molecular weight is 817 g/mol. The number of anilines is 1. The Morgan fingerprint density at radius 1 is 0.717 bits per heavy atom. The van der Waals surface area contributed by atoms with Crippen molar-refractivity contribution in [3.63, 3.8) is 0 Å². The molecule has 10 heteroatoms. The number of allylic oxidation sites excluding steroid dienone is 2. The molecular weight excluding hydrogens is 773 g/mol. The van der Waals surface area contributed by atoms with Crippen LogP contribution in [0.25, 0.3) is 38.7 Å². The molecule has 0 spiro atoms. The van der Waals surface area contributed by atoms with Gasteiger partial charge in [-0.15, -0.1) is 0 Å². The van der Waals surface area contributed by atoms with Gasteiger partial charge in [0.15, 0.2) is 12.3 Å². The third-order valence-corrected chi connectivity index (χ3v) is 11.0. The van der Waals surface area contributed by atoms with Crippen LogP contribution in [0.15, 0.2) is 185 Å². The molecular formula is C50H44N2O7S. The van der Waals surface area contributed by atoms with Crippen molar-refractivity contribution < 1.29 is 36.2 Å². The Labute approximate surface area is 349 Å². The monoisotopic (exact) mass is 816 g/mol. The highest BCUT2D eigenvalue weighted by atomic mass is 32.2. The fourth-order valence-electron chi connectivity index (χ4n) is 7.06. The summed E-state index contributed by atoms with van der Waals surface area (Å²) >= 11 is 0. The van der Waals surface area contributed by atoms with Crippen molar-refractivity contribution in [3.05, 3.63) is 187 Å². The molecule has 0 amide bonds. The minimum absolute atomic E-state index is 0.178. The van der Waals surface area contributed by atoms with Gasteiger partial charge in [-0.1, -0.05) is 110 Å². The van der Waals surface area contributed by atoms with Crippen molar-refractivity contribution in [3.8, 4) is 17.2 Å². The van der Waals surface area contributed by atoms with Crippen LogP contribution in [0.4, 0.5) is 5.69 Å². The molecule has 0 aliphatic carbocycles. The van der Waals surface area contributed by atoms with Crippen molar-refractivity contribution in [1.29, 1.82) is 0 Å². The standard InChI is InChI=1S/C43H37N2O4.C7H8O3S/c1-2-31(25-42-44(21-23-46-36-17-5-3-6-18-36)38-27-32-13-9-11-15-34(32)29-40(38)48-42)26-43-45(22-24-47-37-19-7-4-8-20-37)39-28-33-14-10-12-16-35(33)30-41(39)49-43;1-6-2-4-7(5-3-6)11(8,9)10/h3-20,25-30H,2,21-24H2,1H3;2-5H,1H3,(H,8,9,10)/q+1;/p-1. The van der Waals surface area contributed by atoms with Gasteiger partial charge in [0.1, 0.15) is 34.8 Å². The molecule has 9 rings (SSSR count). The van der Waals surface area contributed by atoms with E-state index in [0.717, 1.165) is 74.1 Å². The molecule has 0 bridgehead atoms. The number of oxazole rings is 1. The van der Waals surface area contributed by atoms with Gasteiger partial charge in [0.05, 0.1) is 23.2 Å². The average Bonchev–Trinajstić information content (AvgIpc) is 3.77. The smallest absolute Gasteiger partial charge is 0.374 e. The second kappa shape index (κ2) is 17.9. The fourth-order valence-corrected chi connectivity index (χ4v) is 7.53. The lowest BCUT2D eigenvalue weighted by Gasteiger charge is -2.19. The maximum absolute atomic E-state index is 10.4. The Kier molecular flexibility index (Phi) is 11.9. The lowest BCUT2D eigenvalue weighted by Crippen LogP contribution is -2.38. The van der Waals surface area contributed by atoms with Crippen molar-refractivity contribution in [2.24, 2.45) is 0 Å². The fraction of sp³-hybridized carbons (Fsp3) is 0.140. The molecule has 0 saturated carbocycles. The molecule has 1 aromatic heterocycles. The highest BCUT2D eigenvalue weighted by Gasteiger charge is 2.28. The van der Waals surface area contributed by atoms with Gasteiger partial charge in [0.25, 0.3) is 5.52 Å². The van der Waals surface area contributed by atoms with E-state index in [9.17, 15) is 13.0 Å². The van der Waals surface area contributed by atoms with Crippen LogP contribution >= 0.6 is 0 Å². The summed E-state index contributed by atoms with van der Waals surface area (Å²) in [6.07, 6.45) is 5.03. The van der Waals surface area contributed by atoms with E-state index in [1.165, 1.54) is 22.9 Å². The first-order valence-electron chi connectivity index (χ1n) is 19.9. The van der Waals surface area contributed by atoms with Gasteiger partial charge in [-0.05, 0) is 95.1 Å². The Morgan fingerprint density at radius 2 is 1.28 bits per heavy atom. The molecule has 302 valence electrons. The Morgan fingerprint density at radius 3 is 1.90 bits per heavy atom. The van der Waals surface area contributed by atoms with E-state index in [1.54, 1.807) is 12.1 Å². The third-order valence-electron chi connectivity index (χ3n) is 10.2. The summed E-state index contributed by atoms with van der Waals surface area (Å²) in [5, 5.41) is 4.62. The molecule has 7 aromatic carbocycles. The zero-order valence-corrected chi connectivity index (χ0v) is 34.2. The second-order valence-corrected chi connectivity index (χ2v) is 15.7. The number of fused-ring (bicyclic) bond motifs is 4. The first-order valence-corrected chi connectivity index (χ1v) is 21.3. The third kappa shape index (κ3) is 9.36. The normalized spacial score (nSPS) is 13.3. The van der Waals surface area contributed by atoms with Crippen LogP contribution in [0.3, 0.4) is 0 Å². The minimum Gasteiger partial charge on any atom is -0.744 e. The van der Waals surface area contributed by atoms with Crippen LogP contribution in [0.5, 0.6) is 17.2 Å². The van der Waals surface area contributed by atoms with Crippen LogP contribution in [-0.4, -0.2) is 32.7 Å². The molecule has 60 heavy (non-hydrogen) atoms. The maximum atomic E-state index is 10.4. The van der Waals surface area contributed by atoms with Crippen LogP contribution in [0.1, 0.15) is 24.8 Å². The largest absolute Gasteiger partial charge is 0.744 e. The molecule has 1 aliphatic heterocycles. The lowest BCUT2D eigenvalue weighted by atomic mass is 10.1. The van der Waals surface area contributed by atoms with Gasteiger partial charge in [-0.2, -0.15) is 4.57 Å². The minimum atomic E-state index is -4.27. The van der Waals surface area contributed by atoms with Crippen molar-refractivity contribution >= 4 is 54.5 Å². The molecule has 1 aliphatic rings. The van der Waals surface area contributed by atoms with Gasteiger partial charge in [0, 0.05) is 12.1 Å². The molecule has 0 fully saturated rings. The summed E-state index contributed by atoms with van der Waals surface area (Å²) in [5.74, 6) is 4.05. The summed E-state index contributed by atoms with van der Waals surface area (Å²) in [4.78, 5) is 2.03. The van der Waals surface area contributed by atoms with E-state index in [1.807, 2.05) is 67.6 Å². The van der Waals surface area contributed by atoms with E-state index in [2.05, 4.69) is 101 Å². The number of ether oxygens (including phenoxy) is 3. The zero-order valence-electron chi connectivity index (χ0n) is 33.4. The van der Waals surface area contributed by atoms with Crippen LogP contribution in [-0.2, 0) is 16.7 Å². The first kappa shape index (κ1) is 39.9. The number of nitrogens with zero attached hydrogens (tertiary/aromatic N) is 2. The van der Waals surface area contributed by atoms with E-state index in [-0.39, 0.29) is 4.90 Å².